The number of carbonyl (C=O) groups is 1. The average molecular weight is 184 g/mol. The number of hydrogen-bond acceptors (Lipinski definition) is 2. The predicted molar refractivity (Wildman–Crippen MR) is 53.5 cm³/mol. The van der Waals surface area contributed by atoms with Gasteiger partial charge in [0.15, 0.2) is 0 Å². The molecule has 1 saturated heterocycles. The molecule has 1 rings (SSSR count). The number of amides is 1. The molecule has 3 heteroatoms. The van der Waals surface area contributed by atoms with Crippen LogP contribution < -0.4 is 10.6 Å². The van der Waals surface area contributed by atoms with Crippen LogP contribution in [-0.4, -0.2) is 24.5 Å². The summed E-state index contributed by atoms with van der Waals surface area (Å²) in [7, 11) is 0. The van der Waals surface area contributed by atoms with E-state index in [0.717, 1.165) is 18.9 Å². The second kappa shape index (κ2) is 4.61. The van der Waals surface area contributed by atoms with Gasteiger partial charge in [0.05, 0.1) is 0 Å². The van der Waals surface area contributed by atoms with Crippen LogP contribution in [0, 0.1) is 5.92 Å². The third-order valence-corrected chi connectivity index (χ3v) is 2.39. The smallest absolute Gasteiger partial charge is 0.217 e. The van der Waals surface area contributed by atoms with Crippen LogP contribution in [0.3, 0.4) is 0 Å². The van der Waals surface area contributed by atoms with Crippen molar-refractivity contribution in [1.82, 2.24) is 10.6 Å². The maximum atomic E-state index is 10.8. The highest BCUT2D eigenvalue weighted by atomic mass is 16.1. The van der Waals surface area contributed by atoms with Crippen molar-refractivity contribution < 1.29 is 4.79 Å². The third-order valence-electron chi connectivity index (χ3n) is 2.39. The van der Waals surface area contributed by atoms with Crippen LogP contribution in [0.4, 0.5) is 0 Å². The summed E-state index contributed by atoms with van der Waals surface area (Å²) >= 11 is 0. The minimum Gasteiger partial charge on any atom is -0.352 e. The van der Waals surface area contributed by atoms with E-state index >= 15 is 0 Å². The molecule has 1 aliphatic rings. The van der Waals surface area contributed by atoms with Crippen LogP contribution in [-0.2, 0) is 4.79 Å². The van der Waals surface area contributed by atoms with Crippen molar-refractivity contribution in [3.8, 4) is 0 Å². The molecule has 1 amide bonds. The van der Waals surface area contributed by atoms with E-state index in [2.05, 4.69) is 24.5 Å². The van der Waals surface area contributed by atoms with Gasteiger partial charge in [0.2, 0.25) is 5.91 Å². The van der Waals surface area contributed by atoms with Crippen LogP contribution in [0.2, 0.25) is 0 Å². The van der Waals surface area contributed by atoms with E-state index in [1.807, 2.05) is 0 Å². The zero-order valence-electron chi connectivity index (χ0n) is 8.76. The van der Waals surface area contributed by atoms with Crippen LogP contribution in [0.1, 0.15) is 33.6 Å². The SMILES string of the molecule is CC(=O)N[C@H]1CN[C@H](CC(C)C)C1. The van der Waals surface area contributed by atoms with E-state index in [1.165, 1.54) is 6.42 Å². The fraction of sp³-hybridized carbons (Fsp3) is 0.900. The lowest BCUT2D eigenvalue weighted by atomic mass is 10.0. The molecule has 0 bridgehead atoms. The highest BCUT2D eigenvalue weighted by Crippen LogP contribution is 2.14. The topological polar surface area (TPSA) is 41.1 Å². The van der Waals surface area contributed by atoms with Gasteiger partial charge in [-0.05, 0) is 18.8 Å². The van der Waals surface area contributed by atoms with Crippen molar-refractivity contribution in [2.75, 3.05) is 6.54 Å². The van der Waals surface area contributed by atoms with E-state index in [0.29, 0.717) is 12.1 Å². The number of rotatable bonds is 3. The van der Waals surface area contributed by atoms with Gasteiger partial charge in [0.25, 0.3) is 0 Å². The molecule has 1 aliphatic heterocycles. The first-order chi connectivity index (χ1) is 6.08. The van der Waals surface area contributed by atoms with Gasteiger partial charge in [-0.1, -0.05) is 13.8 Å². The number of carbonyl (C=O) groups excluding carboxylic acids is 1. The molecular formula is C10H20N2O. The Kier molecular flexibility index (Phi) is 3.72. The lowest BCUT2D eigenvalue weighted by Crippen LogP contribution is -2.34. The first kappa shape index (κ1) is 10.5. The lowest BCUT2D eigenvalue weighted by molar-refractivity contribution is -0.119. The Morgan fingerprint density at radius 1 is 1.62 bits per heavy atom. The largest absolute Gasteiger partial charge is 0.352 e. The lowest BCUT2D eigenvalue weighted by Gasteiger charge is -2.13. The standard InChI is InChI=1S/C10H20N2O/c1-7(2)4-9-5-10(6-11-9)12-8(3)13/h7,9-11H,4-6H2,1-3H3,(H,12,13)/t9-,10-/m1/s1. The van der Waals surface area contributed by atoms with Crippen LogP contribution in [0.15, 0.2) is 0 Å². The first-order valence-corrected chi connectivity index (χ1v) is 5.08. The minimum absolute atomic E-state index is 0.0806. The fourth-order valence-electron chi connectivity index (χ4n) is 1.97. The van der Waals surface area contributed by atoms with Gasteiger partial charge in [-0.2, -0.15) is 0 Å². The molecule has 0 radical (unpaired) electrons. The Morgan fingerprint density at radius 2 is 2.31 bits per heavy atom. The Morgan fingerprint density at radius 3 is 2.85 bits per heavy atom. The maximum absolute atomic E-state index is 10.8. The van der Waals surface area contributed by atoms with Gasteiger partial charge in [0, 0.05) is 25.6 Å². The average Bonchev–Trinajstić information content (AvgIpc) is 2.33. The van der Waals surface area contributed by atoms with Crippen molar-refractivity contribution in [2.45, 2.75) is 45.7 Å². The molecule has 0 spiro atoms. The van der Waals surface area contributed by atoms with Crippen molar-refractivity contribution in [1.29, 1.82) is 0 Å². The molecule has 3 nitrogen and oxygen atoms in total. The van der Waals surface area contributed by atoms with Gasteiger partial charge in [-0.3, -0.25) is 4.79 Å². The van der Waals surface area contributed by atoms with Crippen molar-refractivity contribution in [3.05, 3.63) is 0 Å². The number of nitrogens with one attached hydrogen (secondary N) is 2. The molecule has 0 aromatic heterocycles. The Labute approximate surface area is 80.3 Å². The summed E-state index contributed by atoms with van der Waals surface area (Å²) in [4.78, 5) is 10.8. The van der Waals surface area contributed by atoms with Gasteiger partial charge < -0.3 is 10.6 Å². The molecule has 1 heterocycles. The van der Waals surface area contributed by atoms with Crippen molar-refractivity contribution in [3.63, 3.8) is 0 Å². The molecule has 0 aliphatic carbocycles. The highest BCUT2D eigenvalue weighted by Gasteiger charge is 2.24. The molecule has 2 atom stereocenters. The quantitative estimate of drug-likeness (QED) is 0.684. The normalized spacial score (nSPS) is 28.0. The molecular weight excluding hydrogens is 164 g/mol. The summed E-state index contributed by atoms with van der Waals surface area (Å²) in [5.41, 5.74) is 0. The Hall–Kier alpha value is -0.570. The summed E-state index contributed by atoms with van der Waals surface area (Å²) in [6.45, 7) is 6.97. The highest BCUT2D eigenvalue weighted by molar-refractivity contribution is 5.73. The van der Waals surface area contributed by atoms with E-state index in [4.69, 9.17) is 0 Å². The molecule has 0 aromatic rings. The maximum Gasteiger partial charge on any atom is 0.217 e. The molecule has 13 heavy (non-hydrogen) atoms. The first-order valence-electron chi connectivity index (χ1n) is 5.08. The van der Waals surface area contributed by atoms with Crippen LogP contribution >= 0.6 is 0 Å². The van der Waals surface area contributed by atoms with E-state index in [-0.39, 0.29) is 5.91 Å². The second-order valence-corrected chi connectivity index (χ2v) is 4.37. The van der Waals surface area contributed by atoms with Crippen molar-refractivity contribution >= 4 is 5.91 Å². The Balaban J connectivity index is 2.24. The Bertz CT molecular complexity index is 180. The van der Waals surface area contributed by atoms with Crippen LogP contribution in [0.5, 0.6) is 0 Å². The van der Waals surface area contributed by atoms with Gasteiger partial charge in [-0.15, -0.1) is 0 Å². The predicted octanol–water partition coefficient (Wildman–Crippen LogP) is 0.899. The zero-order chi connectivity index (χ0) is 9.84. The van der Waals surface area contributed by atoms with Crippen molar-refractivity contribution in [2.24, 2.45) is 5.92 Å². The van der Waals surface area contributed by atoms with Gasteiger partial charge in [0.1, 0.15) is 0 Å². The summed E-state index contributed by atoms with van der Waals surface area (Å²) in [6, 6.07) is 0.943. The molecule has 0 unspecified atom stereocenters. The summed E-state index contributed by atoms with van der Waals surface area (Å²) in [5, 5.41) is 6.37. The summed E-state index contributed by atoms with van der Waals surface area (Å²) in [5.74, 6) is 0.811. The minimum atomic E-state index is 0.0806. The molecule has 76 valence electrons. The van der Waals surface area contributed by atoms with Crippen LogP contribution in [0.25, 0.3) is 0 Å². The van der Waals surface area contributed by atoms with E-state index in [1.54, 1.807) is 6.92 Å². The summed E-state index contributed by atoms with van der Waals surface area (Å²) < 4.78 is 0. The molecule has 0 aromatic carbocycles. The molecule has 0 saturated carbocycles. The molecule has 1 fully saturated rings. The van der Waals surface area contributed by atoms with E-state index < -0.39 is 0 Å². The third kappa shape index (κ3) is 3.77. The monoisotopic (exact) mass is 184 g/mol. The summed E-state index contributed by atoms with van der Waals surface area (Å²) in [6.07, 6.45) is 2.29. The molecule has 2 N–H and O–H groups in total. The second-order valence-electron chi connectivity index (χ2n) is 4.37. The van der Waals surface area contributed by atoms with Gasteiger partial charge >= 0.3 is 0 Å². The van der Waals surface area contributed by atoms with E-state index in [9.17, 15) is 4.79 Å². The fourth-order valence-corrected chi connectivity index (χ4v) is 1.97. The van der Waals surface area contributed by atoms with Gasteiger partial charge in [-0.25, -0.2) is 0 Å². The number of hydrogen-bond donors (Lipinski definition) is 2. The zero-order valence-corrected chi connectivity index (χ0v) is 8.76.